The minimum absolute atomic E-state index is 0.103. The Labute approximate surface area is 543 Å². The number of phosphoric acid groups is 2. The summed E-state index contributed by atoms with van der Waals surface area (Å²) in [5.74, 6) is -0.626. The molecule has 0 aliphatic rings. The van der Waals surface area contributed by atoms with Crippen LogP contribution in [0, 0.1) is 11.8 Å². The van der Waals surface area contributed by atoms with Crippen LogP contribution in [0.5, 0.6) is 0 Å². The molecule has 17 nitrogen and oxygen atoms in total. The third-order valence-corrected chi connectivity index (χ3v) is 18.5. The molecule has 0 radical (unpaired) electrons. The van der Waals surface area contributed by atoms with E-state index in [-0.39, 0.29) is 25.7 Å². The van der Waals surface area contributed by atoms with Crippen molar-refractivity contribution in [2.45, 2.75) is 374 Å². The van der Waals surface area contributed by atoms with E-state index in [2.05, 4.69) is 41.5 Å². The second kappa shape index (κ2) is 62.2. The van der Waals surface area contributed by atoms with Crippen LogP contribution in [-0.4, -0.2) is 96.7 Å². The van der Waals surface area contributed by atoms with Crippen molar-refractivity contribution >= 4 is 39.5 Å². The van der Waals surface area contributed by atoms with Crippen LogP contribution in [0.25, 0.3) is 0 Å². The summed E-state index contributed by atoms with van der Waals surface area (Å²) in [7, 11) is -9.90. The first-order valence-corrected chi connectivity index (χ1v) is 39.5. The Hall–Kier alpha value is -1.94. The number of ether oxygens (including phenoxy) is 4. The molecule has 0 heterocycles. The topological polar surface area (TPSA) is 237 Å². The summed E-state index contributed by atoms with van der Waals surface area (Å²) < 4.78 is 68.2. The van der Waals surface area contributed by atoms with E-state index in [1.54, 1.807) is 0 Å². The zero-order chi connectivity index (χ0) is 65.7. The molecule has 0 aromatic rings. The van der Waals surface area contributed by atoms with E-state index in [0.717, 1.165) is 108 Å². The summed E-state index contributed by atoms with van der Waals surface area (Å²) in [6, 6.07) is 0. The van der Waals surface area contributed by atoms with Gasteiger partial charge in [0.2, 0.25) is 0 Å². The third-order valence-electron chi connectivity index (χ3n) is 16.6. The lowest BCUT2D eigenvalue weighted by Gasteiger charge is -2.21. The number of aliphatic hydroxyl groups excluding tert-OH is 1. The highest BCUT2D eigenvalue weighted by molar-refractivity contribution is 7.47. The normalized spacial score (nSPS) is 14.4. The number of carbonyl (C=O) groups excluding carboxylic acids is 4. The molecule has 0 aliphatic carbocycles. The molecule has 89 heavy (non-hydrogen) atoms. The van der Waals surface area contributed by atoms with Crippen molar-refractivity contribution in [2.75, 3.05) is 39.6 Å². The predicted octanol–water partition coefficient (Wildman–Crippen LogP) is 20.0. The van der Waals surface area contributed by atoms with E-state index in [1.165, 1.54) is 167 Å². The minimum Gasteiger partial charge on any atom is -0.462 e. The van der Waals surface area contributed by atoms with Crippen molar-refractivity contribution in [2.24, 2.45) is 11.8 Å². The van der Waals surface area contributed by atoms with Crippen LogP contribution in [0.1, 0.15) is 356 Å². The van der Waals surface area contributed by atoms with E-state index >= 15 is 0 Å². The van der Waals surface area contributed by atoms with Gasteiger partial charge in [-0.1, -0.05) is 305 Å². The van der Waals surface area contributed by atoms with Gasteiger partial charge in [-0.3, -0.25) is 37.3 Å². The molecule has 0 spiro atoms. The lowest BCUT2D eigenvalue weighted by Crippen LogP contribution is -2.30. The number of hydrogen-bond donors (Lipinski definition) is 3. The van der Waals surface area contributed by atoms with Crippen molar-refractivity contribution in [1.82, 2.24) is 0 Å². The summed E-state index contributed by atoms with van der Waals surface area (Å²) >= 11 is 0. The highest BCUT2D eigenvalue weighted by Crippen LogP contribution is 2.45. The standard InChI is InChI=1S/C70H136O17P2/c1-7-10-12-14-16-18-19-20-21-22-23-28-31-35-42-48-54-69(74)86-65(58-81-68(73)53-47-41-34-30-27-25-24-26-29-32-38-44-50-62(4)5)60-84-88(76,77)82-56-64(71)57-83-89(78,79)85-61-66(59-80-67(72)52-46-40-33-17-15-13-11-8-2)87-70(75)55-49-43-37-36-39-45-51-63(6)9-3/h62-66,71H,7-61H2,1-6H3,(H,76,77)(H,78,79)/t63?,64-,65-,66-/m1/s1. The number of esters is 4. The second-order valence-electron chi connectivity index (χ2n) is 26.0. The molecule has 0 amide bonds. The average Bonchev–Trinajstić information content (AvgIpc) is 3.70. The van der Waals surface area contributed by atoms with Gasteiger partial charge in [-0.05, 0) is 37.5 Å². The van der Waals surface area contributed by atoms with Crippen LogP contribution in [0.4, 0.5) is 0 Å². The molecule has 19 heteroatoms. The molecule has 0 bridgehead atoms. The number of hydrogen-bond acceptors (Lipinski definition) is 15. The maximum Gasteiger partial charge on any atom is 0.472 e. The minimum atomic E-state index is -4.95. The van der Waals surface area contributed by atoms with Gasteiger partial charge >= 0.3 is 39.5 Å². The molecule has 0 aromatic carbocycles. The molecule has 6 atom stereocenters. The van der Waals surface area contributed by atoms with Crippen LogP contribution in [0.3, 0.4) is 0 Å². The van der Waals surface area contributed by atoms with Gasteiger partial charge in [0.25, 0.3) is 0 Å². The van der Waals surface area contributed by atoms with Gasteiger partial charge in [-0.2, -0.15) is 0 Å². The molecule has 0 saturated carbocycles. The maximum atomic E-state index is 13.0. The lowest BCUT2D eigenvalue weighted by molar-refractivity contribution is -0.161. The fourth-order valence-electron chi connectivity index (χ4n) is 10.6. The van der Waals surface area contributed by atoms with Crippen LogP contribution < -0.4 is 0 Å². The van der Waals surface area contributed by atoms with Gasteiger partial charge in [0.1, 0.15) is 19.3 Å². The van der Waals surface area contributed by atoms with Crippen molar-refractivity contribution in [3.8, 4) is 0 Å². The molecule has 0 rings (SSSR count). The first-order chi connectivity index (χ1) is 42.9. The highest BCUT2D eigenvalue weighted by atomic mass is 31.2. The molecule has 528 valence electrons. The van der Waals surface area contributed by atoms with Gasteiger partial charge < -0.3 is 33.8 Å². The largest absolute Gasteiger partial charge is 0.472 e. The quantitative estimate of drug-likeness (QED) is 0.0222. The van der Waals surface area contributed by atoms with Gasteiger partial charge in [0.15, 0.2) is 12.2 Å². The number of phosphoric ester groups is 2. The van der Waals surface area contributed by atoms with Gasteiger partial charge in [0.05, 0.1) is 26.4 Å². The van der Waals surface area contributed by atoms with Gasteiger partial charge in [-0.25, -0.2) is 9.13 Å². The van der Waals surface area contributed by atoms with E-state index in [0.29, 0.717) is 25.7 Å². The second-order valence-corrected chi connectivity index (χ2v) is 28.9. The zero-order valence-electron chi connectivity index (χ0n) is 57.7. The Morgan fingerprint density at radius 1 is 0.326 bits per heavy atom. The zero-order valence-corrected chi connectivity index (χ0v) is 59.5. The first kappa shape index (κ1) is 87.1. The molecule has 3 N–H and O–H groups in total. The molecule has 0 fully saturated rings. The maximum absolute atomic E-state index is 13.0. The third kappa shape index (κ3) is 63.2. The van der Waals surface area contributed by atoms with Crippen molar-refractivity contribution in [3.63, 3.8) is 0 Å². The molecule has 0 aromatic heterocycles. The molecular formula is C70H136O17P2. The van der Waals surface area contributed by atoms with Crippen molar-refractivity contribution in [1.29, 1.82) is 0 Å². The van der Waals surface area contributed by atoms with Crippen molar-refractivity contribution in [3.05, 3.63) is 0 Å². The summed E-state index contributed by atoms with van der Waals surface area (Å²) in [5, 5.41) is 10.6. The fraction of sp³-hybridized carbons (Fsp3) is 0.943. The highest BCUT2D eigenvalue weighted by Gasteiger charge is 2.30. The van der Waals surface area contributed by atoms with E-state index in [9.17, 15) is 43.2 Å². The predicted molar refractivity (Wildman–Crippen MR) is 358 cm³/mol. The Morgan fingerprint density at radius 2 is 0.573 bits per heavy atom. The van der Waals surface area contributed by atoms with E-state index in [1.807, 2.05) is 0 Å². The summed E-state index contributed by atoms with van der Waals surface area (Å²) in [6.07, 6.45) is 47.3. The molecular weight excluding hydrogens is 1170 g/mol. The Bertz CT molecular complexity index is 1740. The Kier molecular flexibility index (Phi) is 60.8. The number of rotatable bonds is 69. The SMILES string of the molecule is CCCCCCCCCCCCCCCCCCC(=O)O[C@H](COC(=O)CCCCCCCCCCCCCCC(C)C)COP(=O)(O)OC[C@@H](O)COP(=O)(O)OC[C@@H](COC(=O)CCCCCCCCCC)OC(=O)CCCCCCCCC(C)CC. The number of aliphatic hydroxyl groups is 1. The lowest BCUT2D eigenvalue weighted by atomic mass is 10.00. The van der Waals surface area contributed by atoms with Crippen LogP contribution in [0.15, 0.2) is 0 Å². The molecule has 0 saturated heterocycles. The number of carbonyl (C=O) groups is 4. The summed E-state index contributed by atoms with van der Waals surface area (Å²) in [5.41, 5.74) is 0. The summed E-state index contributed by atoms with van der Waals surface area (Å²) in [6.45, 7) is 9.49. The smallest absolute Gasteiger partial charge is 0.462 e. The average molecular weight is 1310 g/mol. The summed E-state index contributed by atoms with van der Waals surface area (Å²) in [4.78, 5) is 72.4. The number of unbranched alkanes of at least 4 members (excludes halogenated alkanes) is 38. The van der Waals surface area contributed by atoms with E-state index < -0.39 is 97.5 Å². The first-order valence-electron chi connectivity index (χ1n) is 36.5. The molecule has 3 unspecified atom stereocenters. The van der Waals surface area contributed by atoms with Crippen LogP contribution in [-0.2, 0) is 65.4 Å². The molecule has 0 aliphatic heterocycles. The van der Waals surface area contributed by atoms with Gasteiger partial charge in [0, 0.05) is 25.7 Å². The monoisotopic (exact) mass is 1310 g/mol. The fourth-order valence-corrected chi connectivity index (χ4v) is 12.1. The van der Waals surface area contributed by atoms with Crippen LogP contribution in [0.2, 0.25) is 0 Å². The van der Waals surface area contributed by atoms with Crippen LogP contribution >= 0.6 is 15.6 Å². The Morgan fingerprint density at radius 3 is 0.854 bits per heavy atom. The van der Waals surface area contributed by atoms with Crippen molar-refractivity contribution < 1.29 is 80.2 Å². The Balaban J connectivity index is 5.22. The van der Waals surface area contributed by atoms with Gasteiger partial charge in [-0.15, -0.1) is 0 Å². The van der Waals surface area contributed by atoms with E-state index in [4.69, 9.17) is 37.0 Å².